The molecule has 0 aliphatic heterocycles. The molecule has 0 amide bonds. The van der Waals surface area contributed by atoms with Crippen LogP contribution >= 0.6 is 0 Å². The fourth-order valence-electron chi connectivity index (χ4n) is 2.09. The Morgan fingerprint density at radius 3 is 2.62 bits per heavy atom. The Kier molecular flexibility index (Phi) is 5.36. The van der Waals surface area contributed by atoms with Crippen LogP contribution < -0.4 is 10.1 Å². The molecule has 1 atom stereocenters. The normalized spacial score (nSPS) is 12.4. The molecule has 0 radical (unpaired) electrons. The van der Waals surface area contributed by atoms with Crippen molar-refractivity contribution in [2.24, 2.45) is 0 Å². The van der Waals surface area contributed by atoms with Gasteiger partial charge in [0.15, 0.2) is 0 Å². The smallest absolute Gasteiger partial charge is 0.208 e. The lowest BCUT2D eigenvalue weighted by Crippen LogP contribution is -2.31. The second-order valence-electron chi connectivity index (χ2n) is 5.18. The van der Waals surface area contributed by atoms with Crippen LogP contribution in [0.1, 0.15) is 22.8 Å². The summed E-state index contributed by atoms with van der Waals surface area (Å²) in [6.07, 6.45) is 1.09. The van der Waals surface area contributed by atoms with Crippen LogP contribution in [0.15, 0.2) is 28.8 Å². The summed E-state index contributed by atoms with van der Waals surface area (Å²) in [7, 11) is 0. The second kappa shape index (κ2) is 7.24. The molecule has 5 heteroatoms. The number of aromatic nitrogens is 1. The Morgan fingerprint density at radius 2 is 2.00 bits per heavy atom. The standard InChI is InChI=1S/C16H22N2O3/c1-11-5-4-6-12(2)16(11)20-10-14(19)8-17-9-15-18-7-13(3)21-15/h4-7,14,17,19H,8-10H2,1-3H3. The quantitative estimate of drug-likeness (QED) is 0.817. The van der Waals surface area contributed by atoms with Gasteiger partial charge in [0.05, 0.1) is 12.7 Å². The number of ether oxygens (including phenoxy) is 1. The summed E-state index contributed by atoms with van der Waals surface area (Å²) >= 11 is 0. The number of nitrogens with one attached hydrogen (secondary N) is 1. The van der Waals surface area contributed by atoms with Gasteiger partial charge in [-0.15, -0.1) is 0 Å². The number of oxazole rings is 1. The maximum absolute atomic E-state index is 9.94. The second-order valence-corrected chi connectivity index (χ2v) is 5.18. The maximum Gasteiger partial charge on any atom is 0.208 e. The highest BCUT2D eigenvalue weighted by Crippen LogP contribution is 2.22. The van der Waals surface area contributed by atoms with E-state index in [2.05, 4.69) is 10.3 Å². The van der Waals surface area contributed by atoms with Crippen molar-refractivity contribution in [3.05, 3.63) is 47.2 Å². The number of para-hydroxylation sites is 1. The first-order valence-corrected chi connectivity index (χ1v) is 7.05. The summed E-state index contributed by atoms with van der Waals surface area (Å²) in [6, 6.07) is 5.99. The number of nitrogens with zero attached hydrogens (tertiary/aromatic N) is 1. The molecule has 114 valence electrons. The molecule has 1 aromatic carbocycles. The summed E-state index contributed by atoms with van der Waals surface area (Å²) in [6.45, 7) is 7.02. The van der Waals surface area contributed by atoms with E-state index >= 15 is 0 Å². The van der Waals surface area contributed by atoms with Crippen molar-refractivity contribution in [1.29, 1.82) is 0 Å². The lowest BCUT2D eigenvalue weighted by molar-refractivity contribution is 0.105. The lowest BCUT2D eigenvalue weighted by atomic mass is 10.1. The van der Waals surface area contributed by atoms with Crippen LogP contribution in [0.25, 0.3) is 0 Å². The van der Waals surface area contributed by atoms with Crippen LogP contribution in [0, 0.1) is 20.8 Å². The highest BCUT2D eigenvalue weighted by molar-refractivity contribution is 5.39. The van der Waals surface area contributed by atoms with E-state index in [0.717, 1.165) is 22.6 Å². The van der Waals surface area contributed by atoms with E-state index in [-0.39, 0.29) is 6.61 Å². The van der Waals surface area contributed by atoms with Gasteiger partial charge >= 0.3 is 0 Å². The molecule has 0 aliphatic rings. The van der Waals surface area contributed by atoms with Crippen molar-refractivity contribution in [2.45, 2.75) is 33.4 Å². The van der Waals surface area contributed by atoms with Crippen molar-refractivity contribution < 1.29 is 14.3 Å². The van der Waals surface area contributed by atoms with E-state index in [1.54, 1.807) is 6.20 Å². The molecule has 2 aromatic rings. The Bertz CT molecular complexity index is 560. The third-order valence-corrected chi connectivity index (χ3v) is 3.15. The minimum Gasteiger partial charge on any atom is -0.490 e. The molecule has 1 aromatic heterocycles. The molecule has 0 saturated carbocycles. The van der Waals surface area contributed by atoms with Gasteiger partial charge in [-0.3, -0.25) is 0 Å². The predicted octanol–water partition coefficient (Wildman–Crippen LogP) is 2.13. The molecule has 1 unspecified atom stereocenters. The molecular formula is C16H22N2O3. The first-order valence-electron chi connectivity index (χ1n) is 7.05. The Labute approximate surface area is 125 Å². The average molecular weight is 290 g/mol. The van der Waals surface area contributed by atoms with E-state index in [9.17, 15) is 5.11 Å². The van der Waals surface area contributed by atoms with Gasteiger partial charge in [-0.25, -0.2) is 4.98 Å². The minimum atomic E-state index is -0.583. The van der Waals surface area contributed by atoms with Gasteiger partial charge in [-0.2, -0.15) is 0 Å². The van der Waals surface area contributed by atoms with Crippen molar-refractivity contribution >= 4 is 0 Å². The number of hydrogen-bond donors (Lipinski definition) is 2. The van der Waals surface area contributed by atoms with Crippen LogP contribution in [-0.2, 0) is 6.54 Å². The van der Waals surface area contributed by atoms with Crippen molar-refractivity contribution in [1.82, 2.24) is 10.3 Å². The van der Waals surface area contributed by atoms with Crippen LogP contribution in [0.2, 0.25) is 0 Å². The topological polar surface area (TPSA) is 67.5 Å². The van der Waals surface area contributed by atoms with E-state index in [1.165, 1.54) is 0 Å². The maximum atomic E-state index is 9.94. The molecule has 2 rings (SSSR count). The van der Waals surface area contributed by atoms with Gasteiger partial charge in [0.2, 0.25) is 5.89 Å². The molecule has 0 spiro atoms. The van der Waals surface area contributed by atoms with Gasteiger partial charge in [-0.05, 0) is 31.9 Å². The molecular weight excluding hydrogens is 268 g/mol. The van der Waals surface area contributed by atoms with Crippen LogP contribution in [0.5, 0.6) is 5.75 Å². The Morgan fingerprint density at radius 1 is 1.29 bits per heavy atom. The molecule has 0 bridgehead atoms. The first-order chi connectivity index (χ1) is 10.1. The van der Waals surface area contributed by atoms with Crippen LogP contribution in [0.3, 0.4) is 0 Å². The lowest BCUT2D eigenvalue weighted by Gasteiger charge is -2.15. The minimum absolute atomic E-state index is 0.253. The third-order valence-electron chi connectivity index (χ3n) is 3.15. The molecule has 2 N–H and O–H groups in total. The number of benzene rings is 1. The highest BCUT2D eigenvalue weighted by Gasteiger charge is 2.09. The Balaban J connectivity index is 1.73. The van der Waals surface area contributed by atoms with Gasteiger partial charge < -0.3 is 19.6 Å². The van der Waals surface area contributed by atoms with E-state index in [4.69, 9.17) is 9.15 Å². The zero-order valence-corrected chi connectivity index (χ0v) is 12.7. The molecule has 21 heavy (non-hydrogen) atoms. The van der Waals surface area contributed by atoms with E-state index in [0.29, 0.717) is 19.0 Å². The highest BCUT2D eigenvalue weighted by atomic mass is 16.5. The summed E-state index contributed by atoms with van der Waals surface area (Å²) < 4.78 is 11.0. The third kappa shape index (κ3) is 4.58. The number of aliphatic hydroxyl groups is 1. The predicted molar refractivity (Wildman–Crippen MR) is 80.4 cm³/mol. The average Bonchev–Trinajstić information content (AvgIpc) is 2.84. The monoisotopic (exact) mass is 290 g/mol. The van der Waals surface area contributed by atoms with Gasteiger partial charge in [0.1, 0.15) is 24.2 Å². The van der Waals surface area contributed by atoms with Crippen molar-refractivity contribution in [3.8, 4) is 5.75 Å². The largest absolute Gasteiger partial charge is 0.490 e. The molecule has 0 saturated heterocycles. The van der Waals surface area contributed by atoms with Crippen molar-refractivity contribution in [3.63, 3.8) is 0 Å². The van der Waals surface area contributed by atoms with Crippen molar-refractivity contribution in [2.75, 3.05) is 13.2 Å². The Hall–Kier alpha value is -1.85. The van der Waals surface area contributed by atoms with Gasteiger partial charge in [-0.1, -0.05) is 18.2 Å². The molecule has 1 heterocycles. The molecule has 0 aliphatic carbocycles. The number of rotatable bonds is 7. The molecule has 5 nitrogen and oxygen atoms in total. The van der Waals surface area contributed by atoms with Crippen LogP contribution in [0.4, 0.5) is 0 Å². The number of hydrogen-bond acceptors (Lipinski definition) is 5. The van der Waals surface area contributed by atoms with Crippen LogP contribution in [-0.4, -0.2) is 29.3 Å². The van der Waals surface area contributed by atoms with Gasteiger partial charge in [0.25, 0.3) is 0 Å². The van der Waals surface area contributed by atoms with E-state index < -0.39 is 6.10 Å². The zero-order valence-electron chi connectivity index (χ0n) is 12.7. The van der Waals surface area contributed by atoms with Gasteiger partial charge in [0, 0.05) is 6.54 Å². The summed E-state index contributed by atoms with van der Waals surface area (Å²) in [4.78, 5) is 4.09. The molecule has 0 fully saturated rings. The summed E-state index contributed by atoms with van der Waals surface area (Å²) in [5, 5.41) is 13.0. The van der Waals surface area contributed by atoms with E-state index in [1.807, 2.05) is 39.0 Å². The summed E-state index contributed by atoms with van der Waals surface area (Å²) in [5.74, 6) is 2.25. The fraction of sp³-hybridized carbons (Fsp3) is 0.438. The number of aryl methyl sites for hydroxylation is 3. The fourth-order valence-corrected chi connectivity index (χ4v) is 2.09. The first kappa shape index (κ1) is 15.5. The SMILES string of the molecule is Cc1cnc(CNCC(O)COc2c(C)cccc2C)o1. The summed E-state index contributed by atoms with van der Waals surface area (Å²) in [5.41, 5.74) is 2.15. The number of aliphatic hydroxyl groups excluding tert-OH is 1. The zero-order chi connectivity index (χ0) is 15.2.